The average molecular weight is 335 g/mol. The van der Waals surface area contributed by atoms with Crippen LogP contribution in [0.2, 0.25) is 0 Å². The normalized spacial score (nSPS) is 10.2. The summed E-state index contributed by atoms with van der Waals surface area (Å²) in [6.07, 6.45) is 0. The summed E-state index contributed by atoms with van der Waals surface area (Å²) >= 11 is 3.39. The lowest BCUT2D eigenvalue weighted by Gasteiger charge is -2.10. The van der Waals surface area contributed by atoms with E-state index < -0.39 is 0 Å². The number of rotatable bonds is 3. The van der Waals surface area contributed by atoms with Gasteiger partial charge >= 0.3 is 0 Å². The fraction of sp³-hybridized carbons (Fsp3) is 0.133. The molecule has 0 unspecified atom stereocenters. The molecule has 0 saturated carbocycles. The Labute approximate surface area is 126 Å². The molecule has 0 aliphatic carbocycles. The number of hydrogen-bond donors (Lipinski definition) is 2. The molecule has 2 aromatic carbocycles. The van der Waals surface area contributed by atoms with Crippen molar-refractivity contribution in [2.24, 2.45) is 0 Å². The summed E-state index contributed by atoms with van der Waals surface area (Å²) in [5, 5.41) is 2.87. The first-order valence-corrected chi connectivity index (χ1v) is 6.81. The maximum Gasteiger partial charge on any atom is 0.255 e. The van der Waals surface area contributed by atoms with Crippen LogP contribution in [0.25, 0.3) is 0 Å². The zero-order valence-corrected chi connectivity index (χ0v) is 12.8. The van der Waals surface area contributed by atoms with Crippen molar-refractivity contribution in [3.63, 3.8) is 0 Å². The predicted octanol–water partition coefficient (Wildman–Crippen LogP) is 3.60. The molecule has 0 aliphatic rings. The third-order valence-electron chi connectivity index (χ3n) is 2.93. The third-order valence-corrected chi connectivity index (χ3v) is 3.43. The molecule has 0 fully saturated rings. The van der Waals surface area contributed by atoms with Gasteiger partial charge in [-0.25, -0.2) is 0 Å². The van der Waals surface area contributed by atoms with E-state index in [2.05, 4.69) is 21.2 Å². The Morgan fingerprint density at radius 3 is 2.65 bits per heavy atom. The largest absolute Gasteiger partial charge is 0.495 e. The molecule has 1 amide bonds. The Morgan fingerprint density at radius 1 is 1.25 bits per heavy atom. The Hall–Kier alpha value is -2.01. The summed E-state index contributed by atoms with van der Waals surface area (Å²) in [6.45, 7) is 1.93. The molecule has 0 atom stereocenters. The zero-order valence-electron chi connectivity index (χ0n) is 11.2. The standard InChI is InChI=1S/C15H15BrN2O2/c1-9-7-11(16)4-6-13(9)18-15(19)10-3-5-12(17)14(8-10)20-2/h3-8H,17H2,1-2H3,(H,18,19). The Kier molecular flexibility index (Phi) is 4.29. The van der Waals surface area contributed by atoms with E-state index in [0.717, 1.165) is 15.7 Å². The number of nitrogens with one attached hydrogen (secondary N) is 1. The first kappa shape index (κ1) is 14.4. The highest BCUT2D eigenvalue weighted by Crippen LogP contribution is 2.24. The molecule has 0 bridgehead atoms. The van der Waals surface area contributed by atoms with Gasteiger partial charge in [0.05, 0.1) is 12.8 Å². The number of hydrogen-bond acceptors (Lipinski definition) is 3. The van der Waals surface area contributed by atoms with E-state index in [-0.39, 0.29) is 5.91 Å². The highest BCUT2D eigenvalue weighted by atomic mass is 79.9. The summed E-state index contributed by atoms with van der Waals surface area (Å²) in [5.74, 6) is 0.291. The smallest absolute Gasteiger partial charge is 0.255 e. The minimum atomic E-state index is -0.200. The Bertz CT molecular complexity index is 656. The van der Waals surface area contributed by atoms with Gasteiger partial charge < -0.3 is 15.8 Å². The van der Waals surface area contributed by atoms with Crippen LogP contribution in [-0.4, -0.2) is 13.0 Å². The van der Waals surface area contributed by atoms with Crippen LogP contribution < -0.4 is 15.8 Å². The summed E-state index contributed by atoms with van der Waals surface area (Å²) in [7, 11) is 1.52. The zero-order chi connectivity index (χ0) is 14.7. The molecule has 0 radical (unpaired) electrons. The first-order valence-electron chi connectivity index (χ1n) is 6.02. The molecule has 3 N–H and O–H groups in total. The van der Waals surface area contributed by atoms with E-state index in [1.807, 2.05) is 25.1 Å². The van der Waals surface area contributed by atoms with Crippen LogP contribution in [0.3, 0.4) is 0 Å². The molecule has 0 heterocycles. The van der Waals surface area contributed by atoms with E-state index in [1.165, 1.54) is 7.11 Å². The van der Waals surface area contributed by atoms with Crippen molar-refractivity contribution in [2.45, 2.75) is 6.92 Å². The van der Waals surface area contributed by atoms with Crippen LogP contribution >= 0.6 is 15.9 Å². The number of nitrogen functional groups attached to an aromatic ring is 1. The van der Waals surface area contributed by atoms with Crippen LogP contribution in [0.5, 0.6) is 5.75 Å². The molecule has 0 aliphatic heterocycles. The van der Waals surface area contributed by atoms with Crippen molar-refractivity contribution in [1.29, 1.82) is 0 Å². The highest BCUT2D eigenvalue weighted by Gasteiger charge is 2.10. The van der Waals surface area contributed by atoms with Gasteiger partial charge in [-0.05, 0) is 48.9 Å². The monoisotopic (exact) mass is 334 g/mol. The fourth-order valence-corrected chi connectivity index (χ4v) is 2.29. The average Bonchev–Trinajstić information content (AvgIpc) is 2.42. The van der Waals surface area contributed by atoms with Gasteiger partial charge in [0, 0.05) is 15.7 Å². The number of halogens is 1. The SMILES string of the molecule is COc1cc(C(=O)Nc2ccc(Br)cc2C)ccc1N. The second-order valence-electron chi connectivity index (χ2n) is 4.37. The molecule has 20 heavy (non-hydrogen) atoms. The second kappa shape index (κ2) is 5.96. The van der Waals surface area contributed by atoms with Crippen LogP contribution in [0.15, 0.2) is 40.9 Å². The number of aryl methyl sites for hydroxylation is 1. The van der Waals surface area contributed by atoms with Gasteiger partial charge in [0.2, 0.25) is 0 Å². The molecule has 5 heteroatoms. The quantitative estimate of drug-likeness (QED) is 0.843. The molecule has 104 valence electrons. The van der Waals surface area contributed by atoms with Crippen LogP contribution in [0.4, 0.5) is 11.4 Å². The van der Waals surface area contributed by atoms with E-state index in [4.69, 9.17) is 10.5 Å². The molecule has 2 aromatic rings. The minimum Gasteiger partial charge on any atom is -0.495 e. The molecule has 0 saturated heterocycles. The number of amides is 1. The van der Waals surface area contributed by atoms with Gasteiger partial charge in [-0.15, -0.1) is 0 Å². The maximum atomic E-state index is 12.2. The van der Waals surface area contributed by atoms with Crippen LogP contribution in [-0.2, 0) is 0 Å². The number of carbonyl (C=O) groups is 1. The summed E-state index contributed by atoms with van der Waals surface area (Å²) in [6, 6.07) is 10.6. The predicted molar refractivity (Wildman–Crippen MR) is 84.2 cm³/mol. The van der Waals surface area contributed by atoms with Gasteiger partial charge in [0.15, 0.2) is 0 Å². The molecule has 2 rings (SSSR count). The molecular formula is C15H15BrN2O2. The minimum absolute atomic E-state index is 0.200. The molecule has 0 spiro atoms. The van der Waals surface area contributed by atoms with E-state index in [1.54, 1.807) is 18.2 Å². The van der Waals surface area contributed by atoms with Gasteiger partial charge in [-0.2, -0.15) is 0 Å². The third kappa shape index (κ3) is 3.11. The van der Waals surface area contributed by atoms with Crippen molar-refractivity contribution >= 4 is 33.2 Å². The van der Waals surface area contributed by atoms with Gasteiger partial charge in [0.1, 0.15) is 5.75 Å². The van der Waals surface area contributed by atoms with Crippen LogP contribution in [0, 0.1) is 6.92 Å². The molecule has 0 aromatic heterocycles. The van der Waals surface area contributed by atoms with Crippen molar-refractivity contribution in [3.8, 4) is 5.75 Å². The summed E-state index contributed by atoms with van der Waals surface area (Å²) in [4.78, 5) is 12.2. The maximum absolute atomic E-state index is 12.2. The van der Waals surface area contributed by atoms with Crippen molar-refractivity contribution in [1.82, 2.24) is 0 Å². The lowest BCUT2D eigenvalue weighted by atomic mass is 10.1. The van der Waals surface area contributed by atoms with Gasteiger partial charge in [0.25, 0.3) is 5.91 Å². The molecule has 4 nitrogen and oxygen atoms in total. The number of anilines is 2. The van der Waals surface area contributed by atoms with Crippen molar-refractivity contribution < 1.29 is 9.53 Å². The second-order valence-corrected chi connectivity index (χ2v) is 5.29. The number of methoxy groups -OCH3 is 1. The number of nitrogens with two attached hydrogens (primary N) is 1. The highest BCUT2D eigenvalue weighted by molar-refractivity contribution is 9.10. The summed E-state index contributed by atoms with van der Waals surface area (Å²) < 4.78 is 6.09. The molecular weight excluding hydrogens is 320 g/mol. The van der Waals surface area contributed by atoms with Gasteiger partial charge in [-0.1, -0.05) is 15.9 Å². The van der Waals surface area contributed by atoms with Crippen molar-refractivity contribution in [3.05, 3.63) is 52.0 Å². The first-order chi connectivity index (χ1) is 9.51. The van der Waals surface area contributed by atoms with E-state index >= 15 is 0 Å². The number of benzene rings is 2. The van der Waals surface area contributed by atoms with Gasteiger partial charge in [-0.3, -0.25) is 4.79 Å². The van der Waals surface area contributed by atoms with Crippen LogP contribution in [0.1, 0.15) is 15.9 Å². The van der Waals surface area contributed by atoms with Crippen molar-refractivity contribution in [2.75, 3.05) is 18.2 Å². The lowest BCUT2D eigenvalue weighted by molar-refractivity contribution is 0.102. The fourth-order valence-electron chi connectivity index (χ4n) is 1.81. The summed E-state index contributed by atoms with van der Waals surface area (Å²) in [5.41, 5.74) is 8.49. The number of carbonyl (C=O) groups excluding carboxylic acids is 1. The Morgan fingerprint density at radius 2 is 2.00 bits per heavy atom. The topological polar surface area (TPSA) is 64.3 Å². The van der Waals surface area contributed by atoms with E-state index in [0.29, 0.717) is 17.0 Å². The lowest BCUT2D eigenvalue weighted by Crippen LogP contribution is -2.13. The Balaban J connectivity index is 2.24. The van der Waals surface area contributed by atoms with E-state index in [9.17, 15) is 4.79 Å². The number of ether oxygens (including phenoxy) is 1.